The molecule has 2 aromatic carbocycles. The average Bonchev–Trinajstić information content (AvgIpc) is 3.29. The van der Waals surface area contributed by atoms with Crippen molar-refractivity contribution in [3.05, 3.63) is 64.7 Å². The molecule has 10 heteroatoms. The normalized spacial score (nSPS) is 27.5. The molecule has 2 aromatic rings. The van der Waals surface area contributed by atoms with Crippen LogP contribution in [0.2, 0.25) is 0 Å². The first-order chi connectivity index (χ1) is 19.4. The molecule has 1 aliphatic carbocycles. The highest BCUT2D eigenvalue weighted by Gasteiger charge is 2.52. The number of benzene rings is 2. The van der Waals surface area contributed by atoms with Gasteiger partial charge < -0.3 is 26.0 Å². The molecule has 4 aliphatic rings. The number of anilines is 1. The van der Waals surface area contributed by atoms with Gasteiger partial charge in [-0.15, -0.1) is 0 Å². The number of piperidine rings is 1. The zero-order chi connectivity index (χ0) is 27.8. The minimum absolute atomic E-state index is 0.00626. The fourth-order valence-electron chi connectivity index (χ4n) is 6.48. The van der Waals surface area contributed by atoms with Crippen molar-refractivity contribution >= 4 is 35.3 Å². The number of carbonyl (C=O) groups is 3. The van der Waals surface area contributed by atoms with Gasteiger partial charge in [-0.1, -0.05) is 30.0 Å². The number of carbonyl (C=O) groups excluding carboxylic acids is 3. The van der Waals surface area contributed by atoms with Gasteiger partial charge in [-0.2, -0.15) is 0 Å². The summed E-state index contributed by atoms with van der Waals surface area (Å²) in [6.07, 6.45) is 4.26. The molecule has 9 nitrogen and oxygen atoms in total. The quantitative estimate of drug-likeness (QED) is 0.422. The maximum absolute atomic E-state index is 13.6. The van der Waals surface area contributed by atoms with Gasteiger partial charge in [0.2, 0.25) is 5.91 Å². The Balaban J connectivity index is 1.21. The zero-order valence-corrected chi connectivity index (χ0v) is 23.6. The average molecular weight is 562 g/mol. The van der Waals surface area contributed by atoms with Crippen LogP contribution in [0.15, 0.2) is 59.1 Å². The Morgan fingerprint density at radius 2 is 1.80 bits per heavy atom. The van der Waals surface area contributed by atoms with E-state index in [9.17, 15) is 14.4 Å². The molecule has 210 valence electrons. The molecular formula is C30H35N5O4S. The van der Waals surface area contributed by atoms with Crippen LogP contribution in [0.1, 0.15) is 44.6 Å². The Bertz CT molecular complexity index is 1350. The Hall–Kier alpha value is -3.50. The molecule has 3 unspecified atom stereocenters. The summed E-state index contributed by atoms with van der Waals surface area (Å²) in [6, 6.07) is 15.2. The SMILES string of the molecule is CC(=O)N[C@@H]1CCC[C@H](NC(=O)C2=C3NC(=O)N(c4ccc(Oc5ccccc5)cc4C)C4CCNC(S2)C34)C1. The Kier molecular flexibility index (Phi) is 7.46. The van der Waals surface area contributed by atoms with E-state index in [4.69, 9.17) is 4.74 Å². The molecule has 3 fully saturated rings. The molecule has 4 N–H and O–H groups in total. The molecular weight excluding hydrogens is 526 g/mol. The van der Waals surface area contributed by atoms with Crippen molar-refractivity contribution in [3.8, 4) is 11.5 Å². The predicted molar refractivity (Wildman–Crippen MR) is 155 cm³/mol. The third-order valence-corrected chi connectivity index (χ3v) is 9.53. The van der Waals surface area contributed by atoms with E-state index >= 15 is 0 Å². The van der Waals surface area contributed by atoms with Crippen LogP contribution >= 0.6 is 11.8 Å². The second kappa shape index (κ2) is 11.2. The zero-order valence-electron chi connectivity index (χ0n) is 22.7. The van der Waals surface area contributed by atoms with Crippen LogP contribution in [-0.4, -0.2) is 47.9 Å². The molecule has 0 bridgehead atoms. The van der Waals surface area contributed by atoms with Crippen molar-refractivity contribution in [2.45, 2.75) is 69.5 Å². The van der Waals surface area contributed by atoms with Crippen LogP contribution in [0.25, 0.3) is 0 Å². The summed E-state index contributed by atoms with van der Waals surface area (Å²) in [6.45, 7) is 4.28. The number of urea groups is 1. The van der Waals surface area contributed by atoms with E-state index in [-0.39, 0.29) is 47.3 Å². The highest BCUT2D eigenvalue weighted by Crippen LogP contribution is 2.48. The highest BCUT2D eigenvalue weighted by atomic mass is 32.2. The first kappa shape index (κ1) is 26.7. The topological polar surface area (TPSA) is 112 Å². The van der Waals surface area contributed by atoms with Gasteiger partial charge in [0.1, 0.15) is 11.5 Å². The lowest BCUT2D eigenvalue weighted by molar-refractivity contribution is -0.119. The predicted octanol–water partition coefficient (Wildman–Crippen LogP) is 4.14. The van der Waals surface area contributed by atoms with E-state index in [2.05, 4.69) is 21.3 Å². The lowest BCUT2D eigenvalue weighted by Gasteiger charge is -2.46. The number of hydrogen-bond donors (Lipinski definition) is 4. The number of para-hydroxylation sites is 1. The first-order valence-electron chi connectivity index (χ1n) is 14.0. The fraction of sp³-hybridized carbons (Fsp3) is 0.433. The first-order valence-corrected chi connectivity index (χ1v) is 14.9. The molecule has 2 saturated heterocycles. The van der Waals surface area contributed by atoms with Crippen molar-refractivity contribution in [1.82, 2.24) is 21.3 Å². The summed E-state index contributed by atoms with van der Waals surface area (Å²) in [5.74, 6) is 1.27. The Morgan fingerprint density at radius 1 is 1.02 bits per heavy atom. The monoisotopic (exact) mass is 561 g/mol. The van der Waals surface area contributed by atoms with Crippen LogP contribution in [0, 0.1) is 12.8 Å². The highest BCUT2D eigenvalue weighted by molar-refractivity contribution is 8.04. The maximum Gasteiger partial charge on any atom is 0.326 e. The van der Waals surface area contributed by atoms with Gasteiger partial charge in [0, 0.05) is 36.3 Å². The summed E-state index contributed by atoms with van der Waals surface area (Å²) in [4.78, 5) is 41.1. The standard InChI is InChI=1S/C30H35N5O4S/c1-17-15-22(39-21-9-4-3-5-10-21)11-12-23(17)35-24-13-14-31-29-25(24)26(34-30(35)38)27(40-29)28(37)33-20-8-6-7-19(16-20)32-18(2)36/h3-5,9-12,15,19-20,24-25,29,31H,6-8,13-14,16H2,1-2H3,(H,32,36)(H,33,37)(H,34,38)/t19-,20+,24?,25?,29?/m1/s1. The van der Waals surface area contributed by atoms with Crippen molar-refractivity contribution in [2.24, 2.45) is 5.92 Å². The van der Waals surface area contributed by atoms with Gasteiger partial charge in [-0.05, 0) is 81.5 Å². The molecule has 3 heterocycles. The van der Waals surface area contributed by atoms with Gasteiger partial charge in [0.05, 0.1) is 16.3 Å². The smallest absolute Gasteiger partial charge is 0.326 e. The molecule has 4 amide bonds. The third kappa shape index (κ3) is 5.30. The molecule has 0 spiro atoms. The Labute approximate surface area is 238 Å². The maximum atomic E-state index is 13.6. The van der Waals surface area contributed by atoms with Crippen LogP contribution < -0.4 is 30.9 Å². The van der Waals surface area contributed by atoms with Crippen molar-refractivity contribution < 1.29 is 19.1 Å². The number of aryl methyl sites for hydroxylation is 1. The minimum atomic E-state index is -0.215. The summed E-state index contributed by atoms with van der Waals surface area (Å²) in [5, 5.41) is 12.9. The van der Waals surface area contributed by atoms with Crippen LogP contribution in [0.4, 0.5) is 10.5 Å². The van der Waals surface area contributed by atoms with E-state index in [0.29, 0.717) is 10.7 Å². The third-order valence-electron chi connectivity index (χ3n) is 8.17. The number of amides is 4. The van der Waals surface area contributed by atoms with Crippen LogP contribution in [0.5, 0.6) is 11.5 Å². The number of nitrogens with zero attached hydrogens (tertiary/aromatic N) is 1. The number of ether oxygens (including phenoxy) is 1. The molecule has 6 rings (SSSR count). The van der Waals surface area contributed by atoms with Gasteiger partial charge in [-0.3, -0.25) is 14.5 Å². The summed E-state index contributed by atoms with van der Waals surface area (Å²) in [7, 11) is 0. The summed E-state index contributed by atoms with van der Waals surface area (Å²) >= 11 is 1.51. The van der Waals surface area contributed by atoms with Crippen molar-refractivity contribution in [2.75, 3.05) is 11.4 Å². The molecule has 1 saturated carbocycles. The second-order valence-electron chi connectivity index (χ2n) is 11.0. The van der Waals surface area contributed by atoms with E-state index in [1.54, 1.807) is 0 Å². The van der Waals surface area contributed by atoms with E-state index < -0.39 is 0 Å². The number of rotatable bonds is 6. The van der Waals surface area contributed by atoms with Crippen LogP contribution in [0.3, 0.4) is 0 Å². The van der Waals surface area contributed by atoms with Gasteiger partial charge >= 0.3 is 6.03 Å². The largest absolute Gasteiger partial charge is 0.457 e. The van der Waals surface area contributed by atoms with E-state index in [1.807, 2.05) is 60.4 Å². The van der Waals surface area contributed by atoms with Gasteiger partial charge in [-0.25, -0.2) is 4.79 Å². The molecule has 3 aliphatic heterocycles. The lowest BCUT2D eigenvalue weighted by Crippen LogP contribution is -2.62. The number of hydrogen-bond acceptors (Lipinski definition) is 6. The molecule has 5 atom stereocenters. The number of thioether (sulfide) groups is 1. The fourth-order valence-corrected chi connectivity index (χ4v) is 7.88. The molecule has 0 radical (unpaired) electrons. The van der Waals surface area contributed by atoms with Gasteiger partial charge in [0.25, 0.3) is 5.91 Å². The molecule has 0 aromatic heterocycles. The second-order valence-corrected chi connectivity index (χ2v) is 12.2. The minimum Gasteiger partial charge on any atom is -0.457 e. The lowest BCUT2D eigenvalue weighted by atomic mass is 9.86. The summed E-state index contributed by atoms with van der Waals surface area (Å²) < 4.78 is 6.00. The van der Waals surface area contributed by atoms with Gasteiger partial charge in [0.15, 0.2) is 0 Å². The molecule has 40 heavy (non-hydrogen) atoms. The van der Waals surface area contributed by atoms with Crippen molar-refractivity contribution in [3.63, 3.8) is 0 Å². The summed E-state index contributed by atoms with van der Waals surface area (Å²) in [5.41, 5.74) is 2.51. The number of nitrogens with one attached hydrogen (secondary N) is 4. The van der Waals surface area contributed by atoms with E-state index in [1.165, 1.54) is 18.7 Å². The van der Waals surface area contributed by atoms with Crippen LogP contribution in [-0.2, 0) is 9.59 Å². The Morgan fingerprint density at radius 3 is 2.55 bits per heavy atom. The van der Waals surface area contributed by atoms with E-state index in [0.717, 1.165) is 61.3 Å². The van der Waals surface area contributed by atoms with Crippen molar-refractivity contribution in [1.29, 1.82) is 0 Å².